The maximum atomic E-state index is 8.89. The van der Waals surface area contributed by atoms with Crippen LogP contribution in [0.15, 0.2) is 0 Å². The van der Waals surface area contributed by atoms with E-state index in [0.29, 0.717) is 0 Å². The van der Waals surface area contributed by atoms with Crippen molar-refractivity contribution in [3.05, 3.63) is 0 Å². The van der Waals surface area contributed by atoms with Gasteiger partial charge in [-0.25, -0.2) is 0 Å². The molecular weight excluding hydrogens is 381 g/mol. The molecule has 0 spiro atoms. The van der Waals surface area contributed by atoms with Crippen LogP contribution in [0.1, 0.15) is 0 Å². The Morgan fingerprint density at radius 1 is 0.643 bits per heavy atom. The zero-order chi connectivity index (χ0) is 9.00. The summed E-state index contributed by atoms with van der Waals surface area (Å²) in [6, 6.07) is 0. The van der Waals surface area contributed by atoms with Crippen molar-refractivity contribution in [3.8, 4) is 0 Å². The molecule has 0 bridgehead atoms. The minimum Gasteiger partial charge on any atom is -0.780 e. The van der Waals surface area contributed by atoms with E-state index in [2.05, 4.69) is 22.4 Å². The molecule has 0 atom stereocenters. The Hall–Kier alpha value is 7.13. The average Bonchev–Trinajstić information content (AvgIpc) is 1.12. The molecule has 0 saturated heterocycles. The van der Waals surface area contributed by atoms with Gasteiger partial charge in [-0.2, -0.15) is 0 Å². The molecule has 0 amide bonds. The summed E-state index contributed by atoms with van der Waals surface area (Å²) in [4.78, 5) is 0. The van der Waals surface area contributed by atoms with Crippen LogP contribution in [0.25, 0.3) is 0 Å². The first kappa shape index (κ1) is 37.4. The predicted molar refractivity (Wildman–Crippen MR) is 34.1 cm³/mol. The summed E-state index contributed by atoms with van der Waals surface area (Å²) in [6.45, 7) is 0. The average molecular weight is 381 g/mol. The summed E-state index contributed by atoms with van der Waals surface area (Å²) in [6.07, 6.45) is 0. The van der Waals surface area contributed by atoms with Crippen LogP contribution in [0.2, 0.25) is 0 Å². The van der Waals surface area contributed by atoms with E-state index in [0.717, 1.165) is 0 Å². The summed E-state index contributed by atoms with van der Waals surface area (Å²) in [5, 5.41) is 0. The van der Waals surface area contributed by atoms with Gasteiger partial charge in [0.1, 0.15) is 0 Å². The molecule has 0 aliphatic rings. The molecule has 64 valence electrons. The van der Waals surface area contributed by atoms with Crippen LogP contribution in [-0.4, -0.2) is 26.6 Å². The van der Waals surface area contributed by atoms with Crippen LogP contribution in [0.5, 0.6) is 0 Å². The molecule has 0 saturated carbocycles. The van der Waals surface area contributed by atoms with Gasteiger partial charge < -0.3 is 18.2 Å². The third kappa shape index (κ3) is 124. The molecule has 0 unspecified atom stereocenters. The fourth-order valence-electron chi connectivity index (χ4n) is 0. The molecule has 0 aromatic carbocycles. The van der Waals surface area contributed by atoms with Gasteiger partial charge >= 0.3 is 206 Å². The summed E-state index contributed by atoms with van der Waals surface area (Å²) in [5.41, 5.74) is 0. The fraction of sp³-hybridized carbons (Fsp3) is 0. The van der Waals surface area contributed by atoms with Gasteiger partial charge in [-0.3, -0.25) is 8.42 Å². The SMILES string of the molecule is O=S([O-])([O-])=S.O=S([O-])([O-])=S.[K+].[K+].[K+].[K+]. The van der Waals surface area contributed by atoms with Gasteiger partial charge in [-0.05, 0) is 22.4 Å². The molecule has 0 aromatic heterocycles. The molecular formula is K4O6S4. The van der Waals surface area contributed by atoms with Crippen LogP contribution in [-0.2, 0) is 40.5 Å². The van der Waals surface area contributed by atoms with Crippen LogP contribution in [0.4, 0.5) is 0 Å². The first-order chi connectivity index (χ1) is 4.00. The van der Waals surface area contributed by atoms with Gasteiger partial charge in [-0.15, -0.1) is 18.1 Å². The van der Waals surface area contributed by atoms with Crippen LogP contribution in [0, 0.1) is 0 Å². The van der Waals surface area contributed by atoms with Gasteiger partial charge in [0.2, 0.25) is 0 Å². The van der Waals surface area contributed by atoms with Gasteiger partial charge in [-0.1, -0.05) is 0 Å². The first-order valence-electron chi connectivity index (χ1n) is 1.33. The van der Waals surface area contributed by atoms with Crippen LogP contribution < -0.4 is 206 Å². The second-order valence-corrected chi connectivity index (χ2v) is 4.90. The molecule has 14 heavy (non-hydrogen) atoms. The van der Waals surface area contributed by atoms with Crippen LogP contribution in [0.3, 0.4) is 0 Å². The Morgan fingerprint density at radius 2 is 0.643 bits per heavy atom. The summed E-state index contributed by atoms with van der Waals surface area (Å²) in [5.74, 6) is 0. The molecule has 0 aliphatic heterocycles. The zero-order valence-corrected chi connectivity index (χ0v) is 23.8. The first-order valence-corrected chi connectivity index (χ1v) is 6.00. The topological polar surface area (TPSA) is 126 Å². The molecule has 0 N–H and O–H groups in total. The van der Waals surface area contributed by atoms with Crippen molar-refractivity contribution >= 4 is 40.5 Å². The molecule has 0 fully saturated rings. The Labute approximate surface area is 263 Å². The number of hydrogen-bond acceptors (Lipinski definition) is 8. The van der Waals surface area contributed by atoms with Gasteiger partial charge in [0.05, 0.1) is 0 Å². The molecule has 14 heteroatoms. The molecule has 6 nitrogen and oxygen atoms in total. The minimum absolute atomic E-state index is 0. The van der Waals surface area contributed by atoms with E-state index in [-0.39, 0.29) is 206 Å². The van der Waals surface area contributed by atoms with E-state index < -0.39 is 18.1 Å². The predicted octanol–water partition coefficient (Wildman–Crippen LogP) is -14.0. The maximum Gasteiger partial charge on any atom is 1.00 e. The minimum atomic E-state index is -4.33. The van der Waals surface area contributed by atoms with E-state index in [1.54, 1.807) is 0 Å². The van der Waals surface area contributed by atoms with E-state index in [9.17, 15) is 0 Å². The van der Waals surface area contributed by atoms with Crippen molar-refractivity contribution in [3.63, 3.8) is 0 Å². The van der Waals surface area contributed by atoms with Crippen molar-refractivity contribution in [1.29, 1.82) is 0 Å². The molecule has 0 heterocycles. The zero-order valence-electron chi connectivity index (χ0n) is 8.08. The Morgan fingerprint density at radius 3 is 0.643 bits per heavy atom. The van der Waals surface area contributed by atoms with E-state index in [4.69, 9.17) is 26.6 Å². The van der Waals surface area contributed by atoms with E-state index >= 15 is 0 Å². The van der Waals surface area contributed by atoms with Crippen molar-refractivity contribution in [1.82, 2.24) is 0 Å². The smallest absolute Gasteiger partial charge is 0.780 e. The second kappa shape index (κ2) is 20.1. The number of hydrogen-bond donors (Lipinski definition) is 0. The second-order valence-electron chi connectivity index (χ2n) is 0.816. The monoisotopic (exact) mass is 380 g/mol. The Balaban J connectivity index is -0.0000000178. The summed E-state index contributed by atoms with van der Waals surface area (Å²) >= 11 is 6.49. The molecule has 0 rings (SSSR count). The molecule has 0 aromatic rings. The van der Waals surface area contributed by atoms with E-state index in [1.807, 2.05) is 0 Å². The largest absolute Gasteiger partial charge is 1.00 e. The standard InChI is InChI=1S/4K.2H2O3S2/c;;;;2*1-5(2,3)4/h;;;;2*(H2,1,2,3,4)/q4*+1;;/p-4. The van der Waals surface area contributed by atoms with Gasteiger partial charge in [0.15, 0.2) is 0 Å². The fourth-order valence-corrected chi connectivity index (χ4v) is 0. The summed E-state index contributed by atoms with van der Waals surface area (Å²) in [7, 11) is -8.67. The number of rotatable bonds is 0. The van der Waals surface area contributed by atoms with Gasteiger partial charge in [0.25, 0.3) is 0 Å². The quantitative estimate of drug-likeness (QED) is 0.379. The molecule has 0 radical (unpaired) electrons. The summed E-state index contributed by atoms with van der Waals surface area (Å²) < 4.78 is 53.3. The van der Waals surface area contributed by atoms with Gasteiger partial charge in [0, 0.05) is 0 Å². The normalized spacial score (nSPS) is 8.29. The van der Waals surface area contributed by atoms with Crippen molar-refractivity contribution < 1.29 is 232 Å². The third-order valence-corrected chi connectivity index (χ3v) is 0. The van der Waals surface area contributed by atoms with Crippen molar-refractivity contribution in [2.75, 3.05) is 0 Å². The van der Waals surface area contributed by atoms with Crippen molar-refractivity contribution in [2.24, 2.45) is 0 Å². The molecule has 0 aliphatic carbocycles. The third-order valence-electron chi connectivity index (χ3n) is 0. The van der Waals surface area contributed by atoms with E-state index in [1.165, 1.54) is 0 Å². The maximum absolute atomic E-state index is 8.89. The Kier molecular flexibility index (Phi) is 53.8. The van der Waals surface area contributed by atoms with Crippen molar-refractivity contribution in [2.45, 2.75) is 0 Å². The Bertz CT molecular complexity index is 218. The van der Waals surface area contributed by atoms with Crippen LogP contribution >= 0.6 is 0 Å².